The zero-order chi connectivity index (χ0) is 80.7. The van der Waals surface area contributed by atoms with Crippen molar-refractivity contribution in [3.05, 3.63) is 242 Å². The maximum absolute atomic E-state index is 13.7. The molecule has 12 heterocycles. The molecular weight excluding hydrogens is 1550 g/mol. The van der Waals surface area contributed by atoms with Crippen molar-refractivity contribution >= 4 is 167 Å². The van der Waals surface area contributed by atoms with Gasteiger partial charge in [0.2, 0.25) is 0 Å². The molecule has 3 aromatic carbocycles. The summed E-state index contributed by atoms with van der Waals surface area (Å²) < 4.78 is 6.25. The van der Waals surface area contributed by atoms with Crippen LogP contribution in [0.15, 0.2) is 175 Å². The van der Waals surface area contributed by atoms with Crippen LogP contribution in [0.3, 0.4) is 0 Å². The lowest BCUT2D eigenvalue weighted by Crippen LogP contribution is -2.45. The number of carbonyl (C=O) groups is 5. The summed E-state index contributed by atoms with van der Waals surface area (Å²) in [7, 11) is 6.27. The molecular formula is C82H89N15O10S6. The van der Waals surface area contributed by atoms with Crippen molar-refractivity contribution in [3.8, 4) is 0 Å². The summed E-state index contributed by atoms with van der Waals surface area (Å²) in [6.45, 7) is 19.5. The third-order valence-corrected chi connectivity index (χ3v) is 23.6. The van der Waals surface area contributed by atoms with Crippen LogP contribution in [0.4, 0.5) is 17.5 Å². The molecule has 25 nitrogen and oxygen atoms in total. The van der Waals surface area contributed by atoms with Crippen LogP contribution >= 0.6 is 71.9 Å². The highest BCUT2D eigenvalue weighted by molar-refractivity contribution is 8.27. The molecule has 2 N–H and O–H groups in total. The first-order valence-electron chi connectivity index (χ1n) is 36.9. The van der Waals surface area contributed by atoms with Gasteiger partial charge in [-0.2, -0.15) is 0 Å². The number of aromatic nitrogens is 6. The summed E-state index contributed by atoms with van der Waals surface area (Å²) in [4.78, 5) is 133. The van der Waals surface area contributed by atoms with Gasteiger partial charge in [0, 0.05) is 131 Å². The Labute approximate surface area is 683 Å². The molecule has 15 rings (SSSR count). The number of piperazine rings is 3. The molecule has 9 aromatic rings. The van der Waals surface area contributed by atoms with Gasteiger partial charge in [-0.1, -0.05) is 181 Å². The normalized spacial score (nSPS) is 17.4. The number of aryl methyl sites for hydroxylation is 3. The number of thiocarbonyl (C=S) groups is 3. The third kappa shape index (κ3) is 20.8. The Hall–Kier alpha value is -10.1. The van der Waals surface area contributed by atoms with Crippen LogP contribution in [0.2, 0.25) is 0 Å². The highest BCUT2D eigenvalue weighted by Crippen LogP contribution is 2.38. The highest BCUT2D eigenvalue weighted by Gasteiger charge is 2.37. The summed E-state index contributed by atoms with van der Waals surface area (Å²) >= 11 is 20.4. The van der Waals surface area contributed by atoms with Crippen LogP contribution in [0.25, 0.3) is 35.2 Å². The van der Waals surface area contributed by atoms with Gasteiger partial charge in [0.05, 0.1) is 31.4 Å². The van der Waals surface area contributed by atoms with Gasteiger partial charge < -0.3 is 39.6 Å². The molecule has 6 fully saturated rings. The van der Waals surface area contributed by atoms with E-state index in [9.17, 15) is 28.8 Å². The first-order chi connectivity index (χ1) is 54.2. The van der Waals surface area contributed by atoms with Crippen molar-refractivity contribution in [2.24, 2.45) is 0 Å². The second-order valence-electron chi connectivity index (χ2n) is 27.7. The number of carboxylic acid groups (broad SMARTS) is 2. The van der Waals surface area contributed by atoms with E-state index in [1.54, 1.807) is 64.7 Å². The molecule has 6 aliphatic rings. The van der Waals surface area contributed by atoms with Crippen molar-refractivity contribution in [2.45, 2.75) is 53.9 Å². The van der Waals surface area contributed by atoms with E-state index in [1.165, 1.54) is 35.3 Å². The zero-order valence-electron chi connectivity index (χ0n) is 64.1. The molecule has 6 saturated heterocycles. The molecule has 6 aromatic heterocycles. The number of nitrogens with zero attached hydrogens (tertiary/aromatic N) is 15. The van der Waals surface area contributed by atoms with Crippen LogP contribution < -0.4 is 31.4 Å². The number of carboxylic acids is 2. The molecule has 31 heteroatoms. The Morgan fingerprint density at radius 2 is 0.611 bits per heavy atom. The minimum absolute atomic E-state index is 0.158. The second-order valence-corrected chi connectivity index (χ2v) is 32.8. The van der Waals surface area contributed by atoms with Crippen molar-refractivity contribution in [1.82, 2.24) is 57.6 Å². The van der Waals surface area contributed by atoms with Gasteiger partial charge in [0.25, 0.3) is 46.3 Å². The molecule has 0 bridgehead atoms. The Bertz CT molecular complexity index is 4860. The van der Waals surface area contributed by atoms with E-state index in [4.69, 9.17) is 71.4 Å². The Morgan fingerprint density at radius 3 is 0.841 bits per heavy atom. The van der Waals surface area contributed by atoms with E-state index in [0.29, 0.717) is 118 Å². The van der Waals surface area contributed by atoms with Crippen LogP contribution in [0.1, 0.15) is 63.9 Å². The number of hydrogen-bond acceptors (Lipinski definition) is 23. The number of amides is 3. The molecule has 113 heavy (non-hydrogen) atoms. The van der Waals surface area contributed by atoms with E-state index >= 15 is 0 Å². The molecule has 0 atom stereocenters. The first-order valence-corrected chi connectivity index (χ1v) is 40.5. The van der Waals surface area contributed by atoms with Crippen LogP contribution in [0.5, 0.6) is 0 Å². The highest BCUT2D eigenvalue weighted by atomic mass is 32.2. The van der Waals surface area contributed by atoms with Crippen LogP contribution in [0, 0.1) is 20.8 Å². The summed E-state index contributed by atoms with van der Waals surface area (Å²) in [5.41, 5.74) is 8.91. The van der Waals surface area contributed by atoms with E-state index < -0.39 is 11.9 Å². The summed E-state index contributed by atoms with van der Waals surface area (Å²) in [5.74, 6) is -0.247. The standard InChI is InChI=1S/3C26H27N5O2S2.2C2H4O2/c3*1-18-7-6-11-30-22(18)27-23(29-15-13-28(2)14-16-29)20(24(30)32)17-21-25(33)31(26(34)35-21)12-10-19-8-4-3-5-9-19;2*1-2(3)4/h3*3-9,11,17H,10,12-16H2,1-2H3;2*1H3,(H,3,4)/b3*21-17-;;. The average molecular weight is 1640 g/mol. The SMILES string of the molecule is CC(=O)O.CC(=O)O.Cc1cccn2c(=O)c(/C=C3\SC(=S)N(CCc4ccccc4)C3=O)c(N3CCN(C)CC3)nc12.Cc1cccn2c(=O)c(/C=C3\SC(=S)N(CCc4ccccc4)C3=O)c(N3CCN(C)CC3)nc12.Cc1cccn2c(=O)c(/C=C3\SC(=S)N(CCc4ccccc4)C3=O)c(N3CCN(C)CC3)nc12. The molecule has 0 spiro atoms. The van der Waals surface area contributed by atoms with Crippen LogP contribution in [-0.2, 0) is 43.2 Å². The molecule has 588 valence electrons. The lowest BCUT2D eigenvalue weighted by atomic mass is 10.1. The quantitative estimate of drug-likeness (QED) is 0.0714. The Balaban J connectivity index is 0.000000159. The Kier molecular flexibility index (Phi) is 28.7. The van der Waals surface area contributed by atoms with Gasteiger partial charge in [-0.25, -0.2) is 15.0 Å². The lowest BCUT2D eigenvalue weighted by molar-refractivity contribution is -0.135. The minimum Gasteiger partial charge on any atom is -0.481 e. The number of fused-ring (bicyclic) bond motifs is 3. The lowest BCUT2D eigenvalue weighted by Gasteiger charge is -2.34. The number of thioether (sulfide) groups is 3. The summed E-state index contributed by atoms with van der Waals surface area (Å²) in [6, 6.07) is 41.5. The number of hydrogen-bond donors (Lipinski definition) is 2. The van der Waals surface area contributed by atoms with Gasteiger partial charge in [-0.05, 0) is 131 Å². The number of benzene rings is 3. The fraction of sp³-hybridized carbons (Fsp3) is 0.317. The molecule has 0 unspecified atom stereocenters. The van der Waals surface area contributed by atoms with Crippen molar-refractivity contribution in [2.75, 3.05) is 134 Å². The van der Waals surface area contributed by atoms with Crippen molar-refractivity contribution in [1.29, 1.82) is 0 Å². The molecule has 0 radical (unpaired) electrons. The zero-order valence-corrected chi connectivity index (χ0v) is 69.0. The Morgan fingerprint density at radius 1 is 0.381 bits per heavy atom. The number of likely N-dealkylation sites (N-methyl/N-ethyl adjacent to an activating group) is 3. The first kappa shape index (κ1) is 83.8. The monoisotopic (exact) mass is 1640 g/mol. The second kappa shape index (κ2) is 38.6. The summed E-state index contributed by atoms with van der Waals surface area (Å²) in [5, 5.41) is 14.8. The smallest absolute Gasteiger partial charge is 0.300 e. The molecule has 3 amide bonds. The third-order valence-electron chi connectivity index (χ3n) is 19.4. The van der Waals surface area contributed by atoms with Gasteiger partial charge >= 0.3 is 0 Å². The average Bonchev–Trinajstić information content (AvgIpc) is 1.57. The molecule has 0 saturated carbocycles. The summed E-state index contributed by atoms with van der Waals surface area (Å²) in [6.07, 6.45) is 12.4. The maximum atomic E-state index is 13.7. The molecule has 6 aliphatic heterocycles. The minimum atomic E-state index is -0.833. The van der Waals surface area contributed by atoms with Crippen LogP contribution in [-0.4, -0.2) is 230 Å². The number of rotatable bonds is 15. The fourth-order valence-corrected chi connectivity index (χ4v) is 17.1. The number of pyridine rings is 3. The number of aliphatic carboxylic acids is 2. The number of carbonyl (C=O) groups excluding carboxylic acids is 3. The predicted molar refractivity (Wildman–Crippen MR) is 464 cm³/mol. The topological polar surface area (TPSA) is 258 Å². The van der Waals surface area contributed by atoms with Gasteiger partial charge in [0.1, 0.15) is 47.4 Å². The van der Waals surface area contributed by atoms with E-state index in [-0.39, 0.29) is 34.4 Å². The predicted octanol–water partition coefficient (Wildman–Crippen LogP) is 9.78. The van der Waals surface area contributed by atoms with Crippen molar-refractivity contribution in [3.63, 3.8) is 0 Å². The fourth-order valence-electron chi connectivity index (χ4n) is 13.2. The van der Waals surface area contributed by atoms with E-state index in [1.807, 2.05) is 148 Å². The molecule has 0 aliphatic carbocycles. The van der Waals surface area contributed by atoms with E-state index in [2.05, 4.69) is 50.5 Å². The number of anilines is 3. The van der Waals surface area contributed by atoms with Gasteiger partial charge in [-0.15, -0.1) is 0 Å². The van der Waals surface area contributed by atoms with Gasteiger partial charge in [-0.3, -0.25) is 66.3 Å². The maximum Gasteiger partial charge on any atom is 0.300 e. The largest absolute Gasteiger partial charge is 0.481 e. The van der Waals surface area contributed by atoms with E-state index in [0.717, 1.165) is 126 Å². The van der Waals surface area contributed by atoms with Gasteiger partial charge in [0.15, 0.2) is 0 Å². The van der Waals surface area contributed by atoms with Crippen molar-refractivity contribution < 1.29 is 34.2 Å².